The van der Waals surface area contributed by atoms with Crippen molar-refractivity contribution in [2.75, 3.05) is 6.61 Å². The van der Waals surface area contributed by atoms with Crippen molar-refractivity contribution in [3.8, 4) is 11.8 Å². The first-order chi connectivity index (χ1) is 10.2. The van der Waals surface area contributed by atoms with Crippen LogP contribution >= 0.6 is 0 Å². The molecule has 0 aliphatic heterocycles. The van der Waals surface area contributed by atoms with Gasteiger partial charge in [-0.3, -0.25) is 4.79 Å². The summed E-state index contributed by atoms with van der Waals surface area (Å²) < 4.78 is 5.39. The van der Waals surface area contributed by atoms with Crippen LogP contribution in [0.4, 0.5) is 0 Å². The van der Waals surface area contributed by atoms with Gasteiger partial charge in [-0.1, -0.05) is 42.5 Å². The molecule has 1 N–H and O–H groups in total. The Morgan fingerprint density at radius 1 is 1.19 bits per heavy atom. The van der Waals surface area contributed by atoms with Crippen LogP contribution in [0.3, 0.4) is 0 Å². The smallest absolute Gasteiger partial charge is 0.258 e. The SMILES string of the molecule is C[C@@H](NC(=O)COc1ccccc1C#N)c1ccccc1. The molecule has 2 aromatic rings. The Labute approximate surface area is 124 Å². The summed E-state index contributed by atoms with van der Waals surface area (Å²) in [6.45, 7) is 1.80. The van der Waals surface area contributed by atoms with Gasteiger partial charge in [-0.2, -0.15) is 5.26 Å². The minimum absolute atomic E-state index is 0.0893. The minimum Gasteiger partial charge on any atom is -0.482 e. The molecule has 4 nitrogen and oxygen atoms in total. The van der Waals surface area contributed by atoms with Crippen LogP contribution in [0.2, 0.25) is 0 Å². The van der Waals surface area contributed by atoms with E-state index in [0.29, 0.717) is 11.3 Å². The molecule has 0 spiro atoms. The van der Waals surface area contributed by atoms with E-state index >= 15 is 0 Å². The van der Waals surface area contributed by atoms with Crippen LogP contribution in [0.15, 0.2) is 54.6 Å². The largest absolute Gasteiger partial charge is 0.482 e. The number of nitrogens with zero attached hydrogens (tertiary/aromatic N) is 1. The lowest BCUT2D eigenvalue weighted by Crippen LogP contribution is -2.31. The molecule has 0 saturated heterocycles. The standard InChI is InChI=1S/C17H16N2O2/c1-13(14-7-3-2-4-8-14)19-17(20)12-21-16-10-6-5-9-15(16)11-18/h2-10,13H,12H2,1H3,(H,19,20)/t13-/m1/s1. The average Bonchev–Trinajstić information content (AvgIpc) is 2.54. The maximum atomic E-state index is 11.9. The fourth-order valence-corrected chi connectivity index (χ4v) is 1.94. The monoisotopic (exact) mass is 280 g/mol. The molecule has 1 atom stereocenters. The van der Waals surface area contributed by atoms with Gasteiger partial charge in [-0.05, 0) is 24.6 Å². The number of ether oxygens (including phenoxy) is 1. The first-order valence-electron chi connectivity index (χ1n) is 6.67. The number of para-hydroxylation sites is 1. The Morgan fingerprint density at radius 2 is 1.86 bits per heavy atom. The van der Waals surface area contributed by atoms with E-state index in [1.807, 2.05) is 43.3 Å². The molecule has 2 rings (SSSR count). The highest BCUT2D eigenvalue weighted by Crippen LogP contribution is 2.16. The Hall–Kier alpha value is -2.80. The highest BCUT2D eigenvalue weighted by molar-refractivity contribution is 5.78. The maximum absolute atomic E-state index is 11.9. The van der Waals surface area contributed by atoms with Gasteiger partial charge in [0.15, 0.2) is 6.61 Å². The second kappa shape index (κ2) is 7.11. The lowest BCUT2D eigenvalue weighted by molar-refractivity contribution is -0.123. The van der Waals surface area contributed by atoms with Gasteiger partial charge in [0.05, 0.1) is 11.6 Å². The summed E-state index contributed by atoms with van der Waals surface area (Å²) in [5.74, 6) is 0.196. The Morgan fingerprint density at radius 3 is 2.57 bits per heavy atom. The number of nitriles is 1. The highest BCUT2D eigenvalue weighted by Gasteiger charge is 2.10. The zero-order valence-electron chi connectivity index (χ0n) is 11.7. The Bertz CT molecular complexity index is 647. The molecule has 0 saturated carbocycles. The van der Waals surface area contributed by atoms with Crippen LogP contribution in [0.5, 0.6) is 5.75 Å². The van der Waals surface area contributed by atoms with Crippen molar-refractivity contribution < 1.29 is 9.53 Å². The van der Waals surface area contributed by atoms with E-state index in [-0.39, 0.29) is 18.6 Å². The highest BCUT2D eigenvalue weighted by atomic mass is 16.5. The maximum Gasteiger partial charge on any atom is 0.258 e. The quantitative estimate of drug-likeness (QED) is 0.916. The topological polar surface area (TPSA) is 62.1 Å². The number of rotatable bonds is 5. The fourth-order valence-electron chi connectivity index (χ4n) is 1.94. The molecule has 106 valence electrons. The molecule has 21 heavy (non-hydrogen) atoms. The molecule has 0 heterocycles. The molecular weight excluding hydrogens is 264 g/mol. The van der Waals surface area contributed by atoms with Crippen LogP contribution in [0, 0.1) is 11.3 Å². The number of nitrogens with one attached hydrogen (secondary N) is 1. The van der Waals surface area contributed by atoms with Gasteiger partial charge in [0.25, 0.3) is 5.91 Å². The van der Waals surface area contributed by atoms with E-state index in [1.54, 1.807) is 24.3 Å². The lowest BCUT2D eigenvalue weighted by atomic mass is 10.1. The van der Waals surface area contributed by atoms with Gasteiger partial charge in [0.1, 0.15) is 11.8 Å². The van der Waals surface area contributed by atoms with Gasteiger partial charge in [0.2, 0.25) is 0 Å². The minimum atomic E-state index is -0.223. The third-order valence-corrected chi connectivity index (χ3v) is 3.04. The van der Waals surface area contributed by atoms with Crippen LogP contribution in [0.1, 0.15) is 24.1 Å². The third kappa shape index (κ3) is 4.08. The number of amides is 1. The number of benzene rings is 2. The van der Waals surface area contributed by atoms with Gasteiger partial charge >= 0.3 is 0 Å². The van der Waals surface area contributed by atoms with E-state index < -0.39 is 0 Å². The molecule has 0 bridgehead atoms. The molecule has 0 aromatic heterocycles. The van der Waals surface area contributed by atoms with Crippen molar-refractivity contribution in [2.45, 2.75) is 13.0 Å². The van der Waals surface area contributed by atoms with E-state index in [2.05, 4.69) is 5.32 Å². The van der Waals surface area contributed by atoms with Crippen LogP contribution < -0.4 is 10.1 Å². The summed E-state index contributed by atoms with van der Waals surface area (Å²) in [4.78, 5) is 11.9. The summed E-state index contributed by atoms with van der Waals surface area (Å²) in [7, 11) is 0. The van der Waals surface area contributed by atoms with Crippen LogP contribution in [-0.4, -0.2) is 12.5 Å². The summed E-state index contributed by atoms with van der Waals surface area (Å²) in [5, 5.41) is 11.8. The normalized spacial score (nSPS) is 11.2. The van der Waals surface area contributed by atoms with Crippen LogP contribution in [0.25, 0.3) is 0 Å². The van der Waals surface area contributed by atoms with Crippen molar-refractivity contribution in [2.24, 2.45) is 0 Å². The summed E-state index contributed by atoms with van der Waals surface area (Å²) in [6.07, 6.45) is 0. The molecule has 0 radical (unpaired) electrons. The Balaban J connectivity index is 1.89. The van der Waals surface area contributed by atoms with E-state index in [0.717, 1.165) is 5.56 Å². The number of carbonyl (C=O) groups is 1. The van der Waals surface area contributed by atoms with Gasteiger partial charge in [0, 0.05) is 0 Å². The summed E-state index contributed by atoms with van der Waals surface area (Å²) in [5.41, 5.74) is 1.45. The molecule has 1 amide bonds. The second-order valence-corrected chi connectivity index (χ2v) is 4.60. The third-order valence-electron chi connectivity index (χ3n) is 3.04. The van der Waals surface area contributed by atoms with Gasteiger partial charge in [-0.15, -0.1) is 0 Å². The predicted octanol–water partition coefficient (Wildman–Crippen LogP) is 2.81. The molecule has 0 unspecified atom stereocenters. The molecule has 0 fully saturated rings. The molecule has 4 heteroatoms. The number of hydrogen-bond donors (Lipinski definition) is 1. The fraction of sp³-hybridized carbons (Fsp3) is 0.176. The van der Waals surface area contributed by atoms with Gasteiger partial charge < -0.3 is 10.1 Å². The first-order valence-corrected chi connectivity index (χ1v) is 6.67. The van der Waals surface area contributed by atoms with E-state index in [1.165, 1.54) is 0 Å². The second-order valence-electron chi connectivity index (χ2n) is 4.60. The van der Waals surface area contributed by atoms with Crippen LogP contribution in [-0.2, 0) is 4.79 Å². The molecule has 0 aliphatic rings. The van der Waals surface area contributed by atoms with Crippen molar-refractivity contribution >= 4 is 5.91 Å². The Kier molecular flexibility index (Phi) is 4.94. The first kappa shape index (κ1) is 14.6. The number of carbonyl (C=O) groups excluding carboxylic acids is 1. The zero-order chi connectivity index (χ0) is 15.1. The summed E-state index contributed by atoms with van der Waals surface area (Å²) >= 11 is 0. The number of hydrogen-bond acceptors (Lipinski definition) is 3. The van der Waals surface area contributed by atoms with E-state index in [4.69, 9.17) is 10.00 Å². The summed E-state index contributed by atoms with van der Waals surface area (Å²) in [6, 6.07) is 18.5. The molecule has 2 aromatic carbocycles. The molecule has 0 aliphatic carbocycles. The van der Waals surface area contributed by atoms with Crippen molar-refractivity contribution in [1.29, 1.82) is 5.26 Å². The lowest BCUT2D eigenvalue weighted by Gasteiger charge is -2.14. The van der Waals surface area contributed by atoms with Crippen molar-refractivity contribution in [3.05, 3.63) is 65.7 Å². The van der Waals surface area contributed by atoms with E-state index in [9.17, 15) is 4.79 Å². The zero-order valence-corrected chi connectivity index (χ0v) is 11.7. The van der Waals surface area contributed by atoms with Crippen molar-refractivity contribution in [1.82, 2.24) is 5.32 Å². The predicted molar refractivity (Wildman–Crippen MR) is 79.7 cm³/mol. The molecular formula is C17H16N2O2. The van der Waals surface area contributed by atoms with Crippen molar-refractivity contribution in [3.63, 3.8) is 0 Å². The average molecular weight is 280 g/mol. The van der Waals surface area contributed by atoms with Gasteiger partial charge in [-0.25, -0.2) is 0 Å².